The molecular formula is C21H26N4O5S. The molecular weight excluding hydrogens is 420 g/mol. The van der Waals surface area contributed by atoms with Gasteiger partial charge in [-0.2, -0.15) is 5.10 Å². The Morgan fingerprint density at radius 2 is 1.71 bits per heavy atom. The molecule has 2 aliphatic rings. The molecule has 166 valence electrons. The van der Waals surface area contributed by atoms with Gasteiger partial charge in [0.05, 0.1) is 30.4 Å². The van der Waals surface area contributed by atoms with Crippen molar-refractivity contribution in [1.82, 2.24) is 19.6 Å². The van der Waals surface area contributed by atoms with Crippen LogP contribution in [0.2, 0.25) is 0 Å². The third-order valence-electron chi connectivity index (χ3n) is 5.91. The summed E-state index contributed by atoms with van der Waals surface area (Å²) in [6, 6.07) is 8.80. The molecule has 9 nitrogen and oxygen atoms in total. The molecule has 2 saturated heterocycles. The maximum atomic E-state index is 13.1. The third-order valence-corrected chi connectivity index (χ3v) is 7.66. The number of rotatable bonds is 4. The first kappa shape index (κ1) is 21.4. The van der Waals surface area contributed by atoms with Gasteiger partial charge in [0.1, 0.15) is 5.75 Å². The number of benzene rings is 1. The van der Waals surface area contributed by atoms with E-state index in [2.05, 4.69) is 5.10 Å². The van der Waals surface area contributed by atoms with Gasteiger partial charge in [-0.25, -0.2) is 8.42 Å². The lowest BCUT2D eigenvalue weighted by Gasteiger charge is -2.33. The molecule has 1 aromatic carbocycles. The molecule has 0 saturated carbocycles. The summed E-state index contributed by atoms with van der Waals surface area (Å²) in [7, 11) is -1.52. The zero-order valence-electron chi connectivity index (χ0n) is 17.7. The smallest absolute Gasteiger partial charge is 0.274 e. The number of aromatic nitrogens is 2. The molecule has 0 radical (unpaired) electrons. The molecule has 2 fully saturated rings. The van der Waals surface area contributed by atoms with Crippen molar-refractivity contribution in [1.29, 1.82) is 0 Å². The van der Waals surface area contributed by atoms with E-state index in [9.17, 15) is 18.0 Å². The van der Waals surface area contributed by atoms with Crippen LogP contribution < -0.4 is 4.74 Å². The van der Waals surface area contributed by atoms with Crippen LogP contribution in [-0.4, -0.2) is 84.6 Å². The van der Waals surface area contributed by atoms with Gasteiger partial charge in [-0.15, -0.1) is 0 Å². The monoisotopic (exact) mass is 446 g/mol. The number of ether oxygens (including phenoxy) is 1. The van der Waals surface area contributed by atoms with E-state index in [1.165, 1.54) is 6.92 Å². The number of carbonyl (C=O) groups is 2. The summed E-state index contributed by atoms with van der Waals surface area (Å²) in [6.45, 7) is 3.40. The quantitative estimate of drug-likeness (QED) is 0.700. The van der Waals surface area contributed by atoms with E-state index in [0.29, 0.717) is 44.0 Å². The molecule has 4 rings (SSSR count). The lowest BCUT2D eigenvalue weighted by molar-refractivity contribution is -0.130. The highest BCUT2D eigenvalue weighted by atomic mass is 32.2. The Morgan fingerprint density at radius 1 is 1.06 bits per heavy atom. The summed E-state index contributed by atoms with van der Waals surface area (Å²) in [6.07, 6.45) is 0.470. The molecule has 2 amide bonds. The number of nitrogens with zero attached hydrogens (tertiary/aromatic N) is 4. The Balaban J connectivity index is 1.64. The molecule has 2 aromatic rings. The second-order valence-electron chi connectivity index (χ2n) is 7.94. The molecule has 0 N–H and O–H groups in total. The van der Waals surface area contributed by atoms with Crippen LogP contribution in [0, 0.1) is 0 Å². The molecule has 2 aliphatic heterocycles. The second kappa shape index (κ2) is 8.33. The minimum absolute atomic E-state index is 0.000566. The SMILES string of the molecule is COc1ccc(-c2cc(C(=O)N3CCN(C(C)=O)CC3)nn2[C@@H]2CCS(=O)(=O)C2)cc1. The normalized spacial score (nSPS) is 20.6. The van der Waals surface area contributed by atoms with E-state index in [1.807, 2.05) is 24.3 Å². The van der Waals surface area contributed by atoms with E-state index in [4.69, 9.17) is 4.74 Å². The summed E-state index contributed by atoms with van der Waals surface area (Å²) in [5.74, 6) is 0.634. The highest BCUT2D eigenvalue weighted by Crippen LogP contribution is 2.31. The first-order chi connectivity index (χ1) is 14.8. The Labute approximate surface area is 181 Å². The Hall–Kier alpha value is -2.88. The van der Waals surface area contributed by atoms with Crippen molar-refractivity contribution >= 4 is 21.7 Å². The fourth-order valence-corrected chi connectivity index (χ4v) is 5.80. The molecule has 0 spiro atoms. The van der Waals surface area contributed by atoms with Gasteiger partial charge in [0.25, 0.3) is 5.91 Å². The van der Waals surface area contributed by atoms with Crippen molar-refractivity contribution in [2.45, 2.75) is 19.4 Å². The molecule has 1 atom stereocenters. The molecule has 0 unspecified atom stereocenters. The van der Waals surface area contributed by atoms with E-state index in [1.54, 1.807) is 27.7 Å². The van der Waals surface area contributed by atoms with E-state index in [0.717, 1.165) is 5.56 Å². The number of amides is 2. The highest BCUT2D eigenvalue weighted by Gasteiger charge is 2.33. The van der Waals surface area contributed by atoms with Crippen LogP contribution in [0.4, 0.5) is 0 Å². The summed E-state index contributed by atoms with van der Waals surface area (Å²) < 4.78 is 31.0. The third kappa shape index (κ3) is 4.43. The Bertz CT molecular complexity index is 1090. The number of piperazine rings is 1. The van der Waals surface area contributed by atoms with Crippen molar-refractivity contribution < 1.29 is 22.7 Å². The first-order valence-electron chi connectivity index (χ1n) is 10.3. The average molecular weight is 447 g/mol. The van der Waals surface area contributed by atoms with Gasteiger partial charge in [-0.05, 0) is 36.8 Å². The van der Waals surface area contributed by atoms with E-state index in [-0.39, 0.29) is 35.1 Å². The predicted molar refractivity (Wildman–Crippen MR) is 115 cm³/mol. The van der Waals surface area contributed by atoms with Crippen LogP contribution in [0.25, 0.3) is 11.3 Å². The van der Waals surface area contributed by atoms with Crippen LogP contribution in [0.15, 0.2) is 30.3 Å². The predicted octanol–water partition coefficient (Wildman–Crippen LogP) is 1.22. The molecule has 0 bridgehead atoms. The molecule has 10 heteroatoms. The molecule has 0 aliphatic carbocycles. The van der Waals surface area contributed by atoms with Gasteiger partial charge in [-0.1, -0.05) is 0 Å². The van der Waals surface area contributed by atoms with Crippen molar-refractivity contribution in [3.8, 4) is 17.0 Å². The van der Waals surface area contributed by atoms with Gasteiger partial charge in [-0.3, -0.25) is 14.3 Å². The number of sulfone groups is 1. The number of hydrogen-bond donors (Lipinski definition) is 0. The zero-order valence-corrected chi connectivity index (χ0v) is 18.5. The van der Waals surface area contributed by atoms with Gasteiger partial charge in [0.2, 0.25) is 5.91 Å². The number of carbonyl (C=O) groups excluding carboxylic acids is 2. The average Bonchev–Trinajstić information content (AvgIpc) is 3.36. The lowest BCUT2D eigenvalue weighted by atomic mass is 10.1. The van der Waals surface area contributed by atoms with Crippen LogP contribution in [0.3, 0.4) is 0 Å². The Kier molecular flexibility index (Phi) is 5.74. The highest BCUT2D eigenvalue weighted by molar-refractivity contribution is 7.91. The van der Waals surface area contributed by atoms with Gasteiger partial charge < -0.3 is 14.5 Å². The van der Waals surface area contributed by atoms with Crippen LogP contribution in [-0.2, 0) is 14.6 Å². The van der Waals surface area contributed by atoms with Crippen LogP contribution in [0.1, 0.15) is 29.9 Å². The fraction of sp³-hybridized carbons (Fsp3) is 0.476. The second-order valence-corrected chi connectivity index (χ2v) is 10.2. The van der Waals surface area contributed by atoms with Crippen molar-refractivity contribution in [3.63, 3.8) is 0 Å². The van der Waals surface area contributed by atoms with Gasteiger partial charge in [0, 0.05) is 38.7 Å². The first-order valence-corrected chi connectivity index (χ1v) is 12.1. The van der Waals surface area contributed by atoms with Crippen LogP contribution in [0.5, 0.6) is 5.75 Å². The minimum Gasteiger partial charge on any atom is -0.497 e. The zero-order chi connectivity index (χ0) is 22.2. The molecule has 3 heterocycles. The van der Waals surface area contributed by atoms with Crippen molar-refractivity contribution in [2.24, 2.45) is 0 Å². The Morgan fingerprint density at radius 3 is 2.26 bits per heavy atom. The van der Waals surface area contributed by atoms with Crippen molar-refractivity contribution in [2.75, 3.05) is 44.8 Å². The summed E-state index contributed by atoms with van der Waals surface area (Å²) >= 11 is 0. The number of hydrogen-bond acceptors (Lipinski definition) is 6. The number of methoxy groups -OCH3 is 1. The summed E-state index contributed by atoms with van der Waals surface area (Å²) in [4.78, 5) is 28.1. The topological polar surface area (TPSA) is 102 Å². The fourth-order valence-electron chi connectivity index (χ4n) is 4.11. The largest absolute Gasteiger partial charge is 0.497 e. The van der Waals surface area contributed by atoms with E-state index < -0.39 is 9.84 Å². The van der Waals surface area contributed by atoms with Crippen LogP contribution >= 0.6 is 0 Å². The summed E-state index contributed by atoms with van der Waals surface area (Å²) in [5.41, 5.74) is 1.82. The van der Waals surface area contributed by atoms with E-state index >= 15 is 0 Å². The van der Waals surface area contributed by atoms with Gasteiger partial charge >= 0.3 is 0 Å². The maximum absolute atomic E-state index is 13.1. The van der Waals surface area contributed by atoms with Gasteiger partial charge in [0.15, 0.2) is 15.5 Å². The standard InChI is InChI=1S/C21H26N4O5S/c1-15(26)23-8-10-24(11-9-23)21(27)19-13-20(16-3-5-18(30-2)6-4-16)25(22-19)17-7-12-31(28,29)14-17/h3-6,13,17H,7-12,14H2,1-2H3/t17-/m1/s1. The lowest BCUT2D eigenvalue weighted by Crippen LogP contribution is -2.50. The molecule has 31 heavy (non-hydrogen) atoms. The summed E-state index contributed by atoms with van der Waals surface area (Å²) in [5, 5.41) is 4.56. The maximum Gasteiger partial charge on any atom is 0.274 e. The van der Waals surface area contributed by atoms with Crippen molar-refractivity contribution in [3.05, 3.63) is 36.0 Å². The minimum atomic E-state index is -3.11. The molecule has 1 aromatic heterocycles.